The third-order valence-electron chi connectivity index (χ3n) is 4.27. The van der Waals surface area contributed by atoms with E-state index in [4.69, 9.17) is 4.74 Å². The second-order valence-corrected chi connectivity index (χ2v) is 6.08. The fourth-order valence-corrected chi connectivity index (χ4v) is 2.85. The molecule has 24 heavy (non-hydrogen) atoms. The van der Waals surface area contributed by atoms with Crippen molar-refractivity contribution in [1.29, 1.82) is 0 Å². The molecular weight excluding hydrogens is 300 g/mol. The van der Waals surface area contributed by atoms with E-state index < -0.39 is 0 Å². The van der Waals surface area contributed by atoms with E-state index in [-0.39, 0.29) is 5.91 Å². The molecule has 3 aromatic rings. The van der Waals surface area contributed by atoms with Crippen molar-refractivity contribution in [1.82, 2.24) is 10.3 Å². The summed E-state index contributed by atoms with van der Waals surface area (Å²) in [5, 5.41) is 4.03. The third kappa shape index (κ3) is 3.43. The number of aromatic amines is 1. The number of benzene rings is 2. The normalized spacial score (nSPS) is 10.8. The first-order valence-corrected chi connectivity index (χ1v) is 8.04. The molecule has 2 N–H and O–H groups in total. The zero-order chi connectivity index (χ0) is 17.1. The van der Waals surface area contributed by atoms with Crippen LogP contribution in [0, 0.1) is 13.8 Å². The number of fused-ring (bicyclic) bond motifs is 1. The van der Waals surface area contributed by atoms with E-state index in [1.165, 1.54) is 5.56 Å². The lowest BCUT2D eigenvalue weighted by Crippen LogP contribution is -2.24. The topological polar surface area (TPSA) is 54.1 Å². The van der Waals surface area contributed by atoms with Crippen LogP contribution in [0.15, 0.2) is 42.5 Å². The summed E-state index contributed by atoms with van der Waals surface area (Å²) < 4.78 is 5.29. The standard InChI is InChI=1S/C20H22N2O2/c1-13-4-6-15(7-5-13)12-21-20(23)11-17-14(2)22-19-9-8-16(24-3)10-18(17)19/h4-10,22H,11-12H2,1-3H3,(H,21,23). The van der Waals surface area contributed by atoms with Crippen LogP contribution in [0.3, 0.4) is 0 Å². The number of hydrogen-bond acceptors (Lipinski definition) is 2. The Labute approximate surface area is 141 Å². The van der Waals surface area contributed by atoms with Gasteiger partial charge in [-0.2, -0.15) is 0 Å². The maximum absolute atomic E-state index is 12.3. The molecule has 0 saturated heterocycles. The van der Waals surface area contributed by atoms with E-state index in [9.17, 15) is 4.79 Å². The van der Waals surface area contributed by atoms with Crippen LogP contribution in [0.2, 0.25) is 0 Å². The van der Waals surface area contributed by atoms with Crippen molar-refractivity contribution in [2.24, 2.45) is 0 Å². The zero-order valence-electron chi connectivity index (χ0n) is 14.3. The number of carbonyl (C=O) groups excluding carboxylic acids is 1. The van der Waals surface area contributed by atoms with Crippen LogP contribution in [0.1, 0.15) is 22.4 Å². The average Bonchev–Trinajstić information content (AvgIpc) is 2.89. The minimum absolute atomic E-state index is 0.0161. The van der Waals surface area contributed by atoms with Crippen LogP contribution in [0.5, 0.6) is 5.75 Å². The largest absolute Gasteiger partial charge is 0.497 e. The summed E-state index contributed by atoms with van der Waals surface area (Å²) in [6, 6.07) is 14.1. The van der Waals surface area contributed by atoms with Crippen LogP contribution in [0.4, 0.5) is 0 Å². The van der Waals surface area contributed by atoms with E-state index >= 15 is 0 Å². The Balaban J connectivity index is 1.72. The van der Waals surface area contributed by atoms with Gasteiger partial charge in [-0.05, 0) is 43.2 Å². The Kier molecular flexibility index (Phi) is 4.56. The number of nitrogens with one attached hydrogen (secondary N) is 2. The third-order valence-corrected chi connectivity index (χ3v) is 4.27. The van der Waals surface area contributed by atoms with Gasteiger partial charge in [0.05, 0.1) is 13.5 Å². The number of methoxy groups -OCH3 is 1. The predicted octanol–water partition coefficient (Wildman–Crippen LogP) is 3.65. The summed E-state index contributed by atoms with van der Waals surface area (Å²) in [7, 11) is 1.65. The molecule has 0 radical (unpaired) electrons. The Morgan fingerprint density at radius 2 is 1.88 bits per heavy atom. The fourth-order valence-electron chi connectivity index (χ4n) is 2.85. The SMILES string of the molecule is COc1ccc2[nH]c(C)c(CC(=O)NCc3ccc(C)cc3)c2c1. The quantitative estimate of drug-likeness (QED) is 0.753. The molecule has 0 aliphatic carbocycles. The van der Waals surface area contributed by atoms with Crippen LogP contribution in [-0.4, -0.2) is 18.0 Å². The first-order chi connectivity index (χ1) is 11.6. The van der Waals surface area contributed by atoms with Crippen molar-refractivity contribution < 1.29 is 9.53 Å². The van der Waals surface area contributed by atoms with Crippen molar-refractivity contribution in [2.75, 3.05) is 7.11 Å². The molecular formula is C20H22N2O2. The van der Waals surface area contributed by atoms with Gasteiger partial charge >= 0.3 is 0 Å². The molecule has 2 aromatic carbocycles. The van der Waals surface area contributed by atoms with Gasteiger partial charge in [0.25, 0.3) is 0 Å². The lowest BCUT2D eigenvalue weighted by Gasteiger charge is -2.07. The molecule has 0 bridgehead atoms. The minimum atomic E-state index is 0.0161. The molecule has 4 nitrogen and oxygen atoms in total. The Bertz CT molecular complexity index is 863. The molecule has 3 rings (SSSR count). The van der Waals surface area contributed by atoms with E-state index in [1.54, 1.807) is 7.11 Å². The molecule has 0 aliphatic heterocycles. The van der Waals surface area contributed by atoms with Gasteiger partial charge in [-0.3, -0.25) is 4.79 Å². The van der Waals surface area contributed by atoms with Crippen molar-refractivity contribution in [2.45, 2.75) is 26.8 Å². The predicted molar refractivity (Wildman–Crippen MR) is 96.3 cm³/mol. The Hall–Kier alpha value is -2.75. The summed E-state index contributed by atoms with van der Waals surface area (Å²) >= 11 is 0. The molecule has 1 aromatic heterocycles. The van der Waals surface area contributed by atoms with E-state index in [0.717, 1.165) is 33.5 Å². The van der Waals surface area contributed by atoms with Crippen molar-refractivity contribution in [3.8, 4) is 5.75 Å². The number of amides is 1. The summed E-state index contributed by atoms with van der Waals surface area (Å²) in [5.41, 5.74) is 5.38. The zero-order valence-corrected chi connectivity index (χ0v) is 14.3. The highest BCUT2D eigenvalue weighted by Gasteiger charge is 2.13. The number of carbonyl (C=O) groups is 1. The van der Waals surface area contributed by atoms with Crippen molar-refractivity contribution in [3.63, 3.8) is 0 Å². The number of aromatic nitrogens is 1. The van der Waals surface area contributed by atoms with E-state index in [2.05, 4.69) is 29.4 Å². The number of ether oxygens (including phenoxy) is 1. The molecule has 1 heterocycles. The van der Waals surface area contributed by atoms with Crippen molar-refractivity contribution in [3.05, 3.63) is 64.8 Å². The summed E-state index contributed by atoms with van der Waals surface area (Å²) in [5.74, 6) is 0.810. The molecule has 0 fully saturated rings. The molecule has 1 amide bonds. The first kappa shape index (κ1) is 16.1. The number of rotatable bonds is 5. The van der Waals surface area contributed by atoms with Gasteiger partial charge in [0.1, 0.15) is 5.75 Å². The molecule has 124 valence electrons. The van der Waals surface area contributed by atoms with Crippen LogP contribution < -0.4 is 10.1 Å². The molecule has 0 saturated carbocycles. The fraction of sp³-hybridized carbons (Fsp3) is 0.250. The minimum Gasteiger partial charge on any atom is -0.497 e. The molecule has 0 spiro atoms. The molecule has 0 unspecified atom stereocenters. The highest BCUT2D eigenvalue weighted by atomic mass is 16.5. The number of aryl methyl sites for hydroxylation is 2. The van der Waals surface area contributed by atoms with Gasteiger partial charge in [-0.1, -0.05) is 29.8 Å². The Morgan fingerprint density at radius 1 is 1.12 bits per heavy atom. The van der Waals surface area contributed by atoms with Crippen LogP contribution >= 0.6 is 0 Å². The second kappa shape index (κ2) is 6.79. The summed E-state index contributed by atoms with van der Waals surface area (Å²) in [4.78, 5) is 15.7. The van der Waals surface area contributed by atoms with Gasteiger partial charge in [0, 0.05) is 23.1 Å². The smallest absolute Gasteiger partial charge is 0.224 e. The summed E-state index contributed by atoms with van der Waals surface area (Å²) in [6.07, 6.45) is 0.352. The maximum atomic E-state index is 12.3. The summed E-state index contributed by atoms with van der Waals surface area (Å²) in [6.45, 7) is 4.59. The highest BCUT2D eigenvalue weighted by Crippen LogP contribution is 2.26. The van der Waals surface area contributed by atoms with E-state index in [0.29, 0.717) is 13.0 Å². The van der Waals surface area contributed by atoms with Gasteiger partial charge in [-0.15, -0.1) is 0 Å². The Morgan fingerprint density at radius 3 is 2.58 bits per heavy atom. The molecule has 4 heteroatoms. The van der Waals surface area contributed by atoms with E-state index in [1.807, 2.05) is 37.3 Å². The van der Waals surface area contributed by atoms with Crippen LogP contribution in [0.25, 0.3) is 10.9 Å². The highest BCUT2D eigenvalue weighted by molar-refractivity contribution is 5.91. The van der Waals surface area contributed by atoms with Gasteiger partial charge in [0.2, 0.25) is 5.91 Å². The van der Waals surface area contributed by atoms with Gasteiger partial charge in [-0.25, -0.2) is 0 Å². The van der Waals surface area contributed by atoms with Gasteiger partial charge < -0.3 is 15.0 Å². The number of H-pyrrole nitrogens is 1. The van der Waals surface area contributed by atoms with Gasteiger partial charge in [0.15, 0.2) is 0 Å². The lowest BCUT2D eigenvalue weighted by molar-refractivity contribution is -0.120. The monoisotopic (exact) mass is 322 g/mol. The lowest BCUT2D eigenvalue weighted by atomic mass is 10.1. The number of hydrogen-bond donors (Lipinski definition) is 2. The maximum Gasteiger partial charge on any atom is 0.224 e. The second-order valence-electron chi connectivity index (χ2n) is 6.08. The van der Waals surface area contributed by atoms with Crippen molar-refractivity contribution >= 4 is 16.8 Å². The molecule has 0 aliphatic rings. The molecule has 0 atom stereocenters. The average molecular weight is 322 g/mol. The van der Waals surface area contributed by atoms with Crippen LogP contribution in [-0.2, 0) is 17.8 Å². The first-order valence-electron chi connectivity index (χ1n) is 8.04.